The lowest BCUT2D eigenvalue weighted by Crippen LogP contribution is -2.68. The van der Waals surface area contributed by atoms with Gasteiger partial charge in [0.25, 0.3) is 0 Å². The van der Waals surface area contributed by atoms with Gasteiger partial charge in [-0.15, -0.1) is 0 Å². The summed E-state index contributed by atoms with van der Waals surface area (Å²) < 4.78 is 18.2. The molecule has 2 saturated heterocycles. The molecule has 54 heavy (non-hydrogen) atoms. The van der Waals surface area contributed by atoms with Crippen molar-refractivity contribution in [2.45, 2.75) is 145 Å². The summed E-state index contributed by atoms with van der Waals surface area (Å²) in [6.45, 7) is 0.402. The first kappa shape index (κ1) is 41.8. The van der Waals surface area contributed by atoms with Crippen molar-refractivity contribution in [2.75, 3.05) is 33.9 Å². The van der Waals surface area contributed by atoms with Gasteiger partial charge in [0.15, 0.2) is 12.2 Å². The van der Waals surface area contributed by atoms with E-state index < -0.39 is 78.8 Å². The first-order chi connectivity index (χ1) is 25.9. The molecule has 0 bridgehead atoms. The number of piperidine rings is 1. The van der Waals surface area contributed by atoms with Crippen molar-refractivity contribution < 1.29 is 49.3 Å². The molecule has 6 aliphatic rings. The monoisotopic (exact) mass is 765 g/mol. The molecule has 0 spiro atoms. The van der Waals surface area contributed by atoms with E-state index in [1.54, 1.807) is 14.2 Å². The Balaban J connectivity index is 1.20. The molecule has 0 radical (unpaired) electrons. The van der Waals surface area contributed by atoms with Crippen molar-refractivity contribution in [3.8, 4) is 0 Å². The lowest BCUT2D eigenvalue weighted by Gasteiger charge is -2.53. The number of aliphatic hydroxyl groups is 5. The van der Waals surface area contributed by atoms with Gasteiger partial charge in [0.1, 0.15) is 35.5 Å². The molecule has 0 aromatic heterocycles. The minimum atomic E-state index is -1.97. The zero-order chi connectivity index (χ0) is 38.7. The van der Waals surface area contributed by atoms with Crippen LogP contribution in [0.25, 0.3) is 0 Å². The van der Waals surface area contributed by atoms with Crippen LogP contribution in [-0.2, 0) is 23.8 Å². The SMILES string of the molecule is CN=C(N)NCC1C(CCC2CCCCC2)CC2C(=O)C3CC(OC)CC(O[C@H]4O[C@H](CO)[C@](O)(CCC5CCNC(N)C5)[C@H](O)[C@H]4O)C3C(=O)C2C1O. The van der Waals surface area contributed by atoms with E-state index >= 15 is 0 Å². The molecule has 2 aliphatic heterocycles. The molecule has 2 heterocycles. The Kier molecular flexibility index (Phi) is 14.1. The standard InChI is InChI=1S/C39H67N5O10/c1-42-38(41)44-18-26-22(9-8-20-6-4-3-5-7-20)15-24-31(33(26)47)34(48)30-25(32(24)46)16-23(52-2)17-27(30)53-37-35(49)36(50)39(51,28(19-45)54-37)12-10-21-11-13-43-29(40)14-21/h20-31,33,35-37,43,45,47,49-51H,3-19,40H2,1-2H3,(H3,41,42,44)/t21?,22?,23?,24?,25?,26?,27?,28-,29?,30?,31?,33?,35-,36-,37+,39-/m1/s1. The van der Waals surface area contributed by atoms with Gasteiger partial charge in [-0.2, -0.15) is 0 Å². The summed E-state index contributed by atoms with van der Waals surface area (Å²) in [5.74, 6) is -2.86. The van der Waals surface area contributed by atoms with E-state index in [-0.39, 0.29) is 54.3 Å². The topological polar surface area (TPSA) is 251 Å². The number of aliphatic imine (C=N–C) groups is 1. The number of nitrogens with two attached hydrogens (primary N) is 2. The van der Waals surface area contributed by atoms with Crippen molar-refractivity contribution in [3.63, 3.8) is 0 Å². The fraction of sp³-hybridized carbons (Fsp3) is 0.923. The number of carbonyl (C=O) groups excluding carboxylic acids is 2. The third kappa shape index (κ3) is 8.70. The van der Waals surface area contributed by atoms with Gasteiger partial charge in [0.2, 0.25) is 0 Å². The second-order valence-electron chi connectivity index (χ2n) is 17.4. The normalized spacial score (nSPS) is 45.1. The second-order valence-corrected chi connectivity index (χ2v) is 17.4. The van der Waals surface area contributed by atoms with Crippen LogP contribution in [0, 0.1) is 47.3 Å². The lowest BCUT2D eigenvalue weighted by molar-refractivity contribution is -0.346. The number of methoxy groups -OCH3 is 1. The van der Waals surface area contributed by atoms with E-state index in [1.165, 1.54) is 32.1 Å². The number of nitrogens with zero attached hydrogens (tertiary/aromatic N) is 1. The first-order valence-electron chi connectivity index (χ1n) is 20.6. The number of hydrogen-bond acceptors (Lipinski definition) is 13. The van der Waals surface area contributed by atoms with Crippen molar-refractivity contribution in [2.24, 2.45) is 63.8 Å². The number of guanidine groups is 1. The number of ketones is 2. The predicted octanol–water partition coefficient (Wildman–Crippen LogP) is -0.0767. The fourth-order valence-corrected chi connectivity index (χ4v) is 11.2. The molecule has 15 nitrogen and oxygen atoms in total. The highest BCUT2D eigenvalue weighted by Crippen LogP contribution is 2.52. The highest BCUT2D eigenvalue weighted by atomic mass is 16.7. The molecule has 11 N–H and O–H groups in total. The summed E-state index contributed by atoms with van der Waals surface area (Å²) in [7, 11) is 3.12. The molecule has 308 valence electrons. The summed E-state index contributed by atoms with van der Waals surface area (Å²) in [4.78, 5) is 33.3. The number of nitrogens with one attached hydrogen (secondary N) is 2. The smallest absolute Gasteiger partial charge is 0.188 e. The Morgan fingerprint density at radius 3 is 2.39 bits per heavy atom. The number of fused-ring (bicyclic) bond motifs is 2. The quantitative estimate of drug-likeness (QED) is 0.0932. The Bertz CT molecular complexity index is 1300. The Labute approximate surface area is 319 Å². The van der Waals surface area contributed by atoms with Crippen LogP contribution in [0.2, 0.25) is 0 Å². The molecule has 4 saturated carbocycles. The van der Waals surface area contributed by atoms with Crippen LogP contribution in [-0.4, -0.2) is 132 Å². The van der Waals surface area contributed by atoms with Crippen LogP contribution in [0.15, 0.2) is 4.99 Å². The number of aliphatic hydroxyl groups excluding tert-OH is 4. The number of carbonyl (C=O) groups is 2. The zero-order valence-electron chi connectivity index (χ0n) is 32.1. The van der Waals surface area contributed by atoms with Gasteiger partial charge in [-0.05, 0) is 69.2 Å². The molecule has 4 aliphatic carbocycles. The van der Waals surface area contributed by atoms with Gasteiger partial charge in [0.05, 0.1) is 42.9 Å². The van der Waals surface area contributed by atoms with Crippen molar-refractivity contribution in [3.05, 3.63) is 0 Å². The molecule has 6 rings (SSSR count). The van der Waals surface area contributed by atoms with Crippen LogP contribution in [0.3, 0.4) is 0 Å². The van der Waals surface area contributed by atoms with Gasteiger partial charge in [0, 0.05) is 44.9 Å². The average molecular weight is 766 g/mol. The molecule has 6 fully saturated rings. The third-order valence-electron chi connectivity index (χ3n) is 14.3. The number of ether oxygens (including phenoxy) is 3. The Morgan fingerprint density at radius 1 is 0.963 bits per heavy atom. The maximum Gasteiger partial charge on any atom is 0.188 e. The van der Waals surface area contributed by atoms with E-state index in [0.29, 0.717) is 38.1 Å². The van der Waals surface area contributed by atoms with E-state index in [9.17, 15) is 35.1 Å². The highest BCUT2D eigenvalue weighted by molar-refractivity contribution is 6.00. The fourth-order valence-electron chi connectivity index (χ4n) is 11.2. The van der Waals surface area contributed by atoms with Gasteiger partial charge in [-0.3, -0.25) is 14.6 Å². The van der Waals surface area contributed by atoms with Crippen molar-refractivity contribution >= 4 is 17.5 Å². The van der Waals surface area contributed by atoms with E-state index in [1.807, 2.05) is 0 Å². The molecule has 16 atom stereocenters. The molecular weight excluding hydrogens is 698 g/mol. The molecule has 0 aromatic rings. The maximum absolute atomic E-state index is 14.7. The summed E-state index contributed by atoms with van der Waals surface area (Å²) in [5.41, 5.74) is 10.1. The highest BCUT2D eigenvalue weighted by Gasteiger charge is 2.62. The maximum atomic E-state index is 14.7. The van der Waals surface area contributed by atoms with E-state index in [0.717, 1.165) is 25.8 Å². The van der Waals surface area contributed by atoms with E-state index in [4.69, 9.17) is 25.7 Å². The second kappa shape index (κ2) is 18.2. The van der Waals surface area contributed by atoms with Gasteiger partial charge in [-0.25, -0.2) is 0 Å². The van der Waals surface area contributed by atoms with Crippen LogP contribution < -0.4 is 22.1 Å². The summed E-state index contributed by atoms with van der Waals surface area (Å²) in [6, 6.07) is 0. The predicted molar refractivity (Wildman–Crippen MR) is 198 cm³/mol. The Morgan fingerprint density at radius 2 is 1.70 bits per heavy atom. The summed E-state index contributed by atoms with van der Waals surface area (Å²) in [5, 5.41) is 63.2. The molecular formula is C39H67N5O10. The Hall–Kier alpha value is -1.79. The molecule has 15 heteroatoms. The van der Waals surface area contributed by atoms with Crippen LogP contribution in [0.5, 0.6) is 0 Å². The molecule has 11 unspecified atom stereocenters. The lowest BCUT2D eigenvalue weighted by atomic mass is 9.53. The largest absolute Gasteiger partial charge is 0.394 e. The van der Waals surface area contributed by atoms with Crippen molar-refractivity contribution in [1.29, 1.82) is 0 Å². The van der Waals surface area contributed by atoms with Gasteiger partial charge in [-0.1, -0.05) is 38.5 Å². The molecule has 0 amide bonds. The van der Waals surface area contributed by atoms with Gasteiger partial charge >= 0.3 is 0 Å². The zero-order valence-corrected chi connectivity index (χ0v) is 32.1. The average Bonchev–Trinajstić information content (AvgIpc) is 3.18. The number of rotatable bonds is 12. The van der Waals surface area contributed by atoms with Crippen molar-refractivity contribution in [1.82, 2.24) is 10.6 Å². The van der Waals surface area contributed by atoms with Crippen LogP contribution >= 0.6 is 0 Å². The number of hydrogen-bond donors (Lipinski definition) is 9. The minimum absolute atomic E-state index is 0.00967. The summed E-state index contributed by atoms with van der Waals surface area (Å²) in [6.07, 6.45) is 2.20. The first-order valence-corrected chi connectivity index (χ1v) is 20.6. The third-order valence-corrected chi connectivity index (χ3v) is 14.3. The van der Waals surface area contributed by atoms with Crippen LogP contribution in [0.1, 0.15) is 89.9 Å². The molecule has 0 aromatic carbocycles. The van der Waals surface area contributed by atoms with E-state index in [2.05, 4.69) is 15.6 Å². The van der Waals surface area contributed by atoms with Crippen LogP contribution in [0.4, 0.5) is 0 Å². The number of Topliss-reactive ketones (excluding diaryl/α,β-unsaturated/α-hetero) is 2. The van der Waals surface area contributed by atoms with Gasteiger partial charge < -0.3 is 61.8 Å². The summed E-state index contributed by atoms with van der Waals surface area (Å²) >= 11 is 0. The minimum Gasteiger partial charge on any atom is -0.394 e.